The Bertz CT molecular complexity index is 4290. The molecule has 1 aliphatic rings. The first-order valence-electron chi connectivity index (χ1n) is 24.4. The summed E-state index contributed by atoms with van der Waals surface area (Å²) in [6.45, 7) is 13.8. The number of hydrogen-bond acceptors (Lipinski definition) is 4. The van der Waals surface area contributed by atoms with Gasteiger partial charge in [-0.25, -0.2) is 0 Å². The highest BCUT2D eigenvalue weighted by molar-refractivity contribution is 7.26. The summed E-state index contributed by atoms with van der Waals surface area (Å²) in [5.41, 5.74) is 17.9. The minimum absolute atomic E-state index is 0.0422. The summed E-state index contributed by atoms with van der Waals surface area (Å²) < 4.78 is 9.23. The van der Waals surface area contributed by atoms with Gasteiger partial charge in [0.15, 0.2) is 7.28 Å². The molecule has 0 saturated carbocycles. The fourth-order valence-electron chi connectivity index (χ4n) is 11.3. The van der Waals surface area contributed by atoms with Crippen LogP contribution >= 0.6 is 34.0 Å². The zero-order valence-electron chi connectivity index (χ0n) is 40.1. The Kier molecular flexibility index (Phi) is 9.16. The maximum atomic E-state index is 4.00. The van der Waals surface area contributed by atoms with E-state index in [2.05, 4.69) is 227 Å². The number of rotatable bonds is 5. The van der Waals surface area contributed by atoms with Crippen LogP contribution in [0.5, 0.6) is 0 Å². The summed E-state index contributed by atoms with van der Waals surface area (Å²) in [7, 11) is 0.821. The van der Waals surface area contributed by atoms with Gasteiger partial charge >= 0.3 is 0 Å². The monoisotopic (exact) mass is 952 g/mol. The number of thiophene rings is 3. The molecule has 0 amide bonds. The minimum atomic E-state index is 0.0422. The molecule has 2 nitrogen and oxygen atoms in total. The molecule has 6 heteroatoms. The van der Waals surface area contributed by atoms with Gasteiger partial charge in [-0.05, 0) is 111 Å². The molecule has 0 fully saturated rings. The molecule has 0 radical (unpaired) electrons. The predicted octanol–water partition coefficient (Wildman–Crippen LogP) is 17.8. The Balaban J connectivity index is 1.07. The molecule has 336 valence electrons. The van der Waals surface area contributed by atoms with Crippen LogP contribution < -0.4 is 16.2 Å². The number of nitrogens with one attached hydrogen (secondary N) is 1. The van der Waals surface area contributed by atoms with Crippen LogP contribution in [0.15, 0.2) is 176 Å². The third-order valence-electron chi connectivity index (χ3n) is 14.9. The lowest BCUT2D eigenvalue weighted by molar-refractivity contribution is 0.590. The van der Waals surface area contributed by atoms with Gasteiger partial charge in [-0.3, -0.25) is 0 Å². The highest BCUT2D eigenvalue weighted by Crippen LogP contribution is 2.49. The van der Waals surface area contributed by atoms with E-state index in [1.54, 1.807) is 0 Å². The molecular formula is C64H49BN2S3. The smallest absolute Gasteiger partial charge is 0.198 e. The largest absolute Gasteiger partial charge is 0.355 e. The third kappa shape index (κ3) is 6.50. The Morgan fingerprint density at radius 1 is 0.443 bits per heavy atom. The van der Waals surface area contributed by atoms with Crippen molar-refractivity contribution < 1.29 is 0 Å². The lowest BCUT2D eigenvalue weighted by atomic mass is 9.59. The van der Waals surface area contributed by atoms with Crippen LogP contribution in [0, 0.1) is 0 Å². The Morgan fingerprint density at radius 3 is 1.84 bits per heavy atom. The maximum Gasteiger partial charge on any atom is 0.198 e. The second-order valence-corrected chi connectivity index (χ2v) is 24.6. The number of aromatic nitrogens is 1. The van der Waals surface area contributed by atoms with Crippen molar-refractivity contribution >= 4 is 136 Å². The van der Waals surface area contributed by atoms with E-state index in [0.717, 1.165) is 18.7 Å². The van der Waals surface area contributed by atoms with Crippen molar-refractivity contribution in [3.05, 3.63) is 187 Å². The van der Waals surface area contributed by atoms with Gasteiger partial charge < -0.3 is 9.88 Å². The molecule has 13 aromatic rings. The molecule has 14 rings (SSSR count). The van der Waals surface area contributed by atoms with Crippen LogP contribution in [0.4, 0.5) is 11.4 Å². The predicted molar refractivity (Wildman–Crippen MR) is 312 cm³/mol. The van der Waals surface area contributed by atoms with Gasteiger partial charge in [0.25, 0.3) is 0 Å². The van der Waals surface area contributed by atoms with E-state index < -0.39 is 0 Å². The average Bonchev–Trinajstić information content (AvgIpc) is 4.12. The number of fused-ring (bicyclic) bond motifs is 12. The summed E-state index contributed by atoms with van der Waals surface area (Å²) in [4.78, 5) is 1.31. The van der Waals surface area contributed by atoms with E-state index >= 15 is 0 Å². The summed E-state index contributed by atoms with van der Waals surface area (Å²) in [5, 5.41) is 13.2. The lowest BCUT2D eigenvalue weighted by Crippen LogP contribution is -2.37. The standard InChI is InChI=1S/C64H49BN2S3/c1-63(2,3)38-21-24-40(25-22-38)66-51-34-57-48(46-29-39(64(4,5)6)23-28-55(46)69-57)30-44(51)42-26-27-43-45-31-47-41-19-13-14-20-54(41)68-58(47)35-52(45)67-53-32-49-56(33-50(53)65-60(42)61(43)67)70-62(37-17-11-8-12-18-37)59(49)36-15-9-7-10-16-36/h7-35,65-66H,1-6H3. The summed E-state index contributed by atoms with van der Waals surface area (Å²) in [6, 6.07) is 67.0. The molecule has 0 aliphatic carbocycles. The molecule has 5 heterocycles. The van der Waals surface area contributed by atoms with Crippen LogP contribution in [0.1, 0.15) is 52.7 Å². The second kappa shape index (κ2) is 15.3. The zero-order chi connectivity index (χ0) is 47.2. The number of benzene rings is 9. The van der Waals surface area contributed by atoms with E-state index in [4.69, 9.17) is 0 Å². The molecule has 0 atom stereocenters. The normalized spacial score (nSPS) is 12.8. The molecule has 70 heavy (non-hydrogen) atoms. The fourth-order valence-corrected chi connectivity index (χ4v) is 14.8. The van der Waals surface area contributed by atoms with Crippen molar-refractivity contribution in [2.75, 3.05) is 5.32 Å². The van der Waals surface area contributed by atoms with Crippen molar-refractivity contribution in [2.24, 2.45) is 0 Å². The summed E-state index contributed by atoms with van der Waals surface area (Å²) in [6.07, 6.45) is 0. The molecule has 1 aliphatic heterocycles. The highest BCUT2D eigenvalue weighted by atomic mass is 32.1. The quantitative estimate of drug-likeness (QED) is 0.170. The first kappa shape index (κ1) is 42.0. The molecule has 4 aromatic heterocycles. The van der Waals surface area contributed by atoms with E-state index in [1.165, 1.54) is 133 Å². The first-order chi connectivity index (χ1) is 33.9. The Hall–Kier alpha value is -6.96. The Labute approximate surface area is 420 Å². The van der Waals surface area contributed by atoms with Gasteiger partial charge in [-0.15, -0.1) is 34.0 Å². The van der Waals surface area contributed by atoms with Crippen molar-refractivity contribution in [2.45, 2.75) is 52.4 Å². The average molecular weight is 953 g/mol. The van der Waals surface area contributed by atoms with Crippen molar-refractivity contribution in [3.8, 4) is 38.4 Å². The van der Waals surface area contributed by atoms with Gasteiger partial charge in [-0.1, -0.05) is 156 Å². The third-order valence-corrected chi connectivity index (χ3v) is 18.4. The summed E-state index contributed by atoms with van der Waals surface area (Å²) >= 11 is 5.72. The highest BCUT2D eigenvalue weighted by Gasteiger charge is 2.30. The second-order valence-electron chi connectivity index (χ2n) is 21.4. The molecule has 0 unspecified atom stereocenters. The SMILES string of the molecule is CC(C)(C)c1ccc(Nc2cc3sc4ccc(C(C)(C)C)cc4c3cc2-c2ccc3c4cc5c(cc4n4c3c2Bc2cc3sc(-c6ccccc6)c(-c6ccccc6)c3cc2-4)sc2ccccc25)cc1. The van der Waals surface area contributed by atoms with E-state index in [1.807, 2.05) is 34.0 Å². The topological polar surface area (TPSA) is 17.0 Å². The van der Waals surface area contributed by atoms with Gasteiger partial charge in [-0.2, -0.15) is 0 Å². The van der Waals surface area contributed by atoms with Crippen LogP contribution in [-0.4, -0.2) is 11.8 Å². The molecule has 9 aromatic carbocycles. The van der Waals surface area contributed by atoms with Crippen LogP contribution in [0.2, 0.25) is 0 Å². The minimum Gasteiger partial charge on any atom is -0.355 e. The van der Waals surface area contributed by atoms with Crippen molar-refractivity contribution in [1.82, 2.24) is 4.57 Å². The van der Waals surface area contributed by atoms with Crippen molar-refractivity contribution in [1.29, 1.82) is 0 Å². The molecule has 0 saturated heterocycles. The summed E-state index contributed by atoms with van der Waals surface area (Å²) in [5.74, 6) is 0. The number of anilines is 2. The van der Waals surface area contributed by atoms with Gasteiger partial charge in [0, 0.05) is 99.8 Å². The number of nitrogens with zero attached hydrogens (tertiary/aromatic N) is 1. The van der Waals surface area contributed by atoms with Crippen LogP contribution in [0.3, 0.4) is 0 Å². The zero-order valence-corrected chi connectivity index (χ0v) is 42.6. The lowest BCUT2D eigenvalue weighted by Gasteiger charge is -2.24. The van der Waals surface area contributed by atoms with Gasteiger partial charge in [0.05, 0.1) is 5.52 Å². The Morgan fingerprint density at radius 2 is 1.09 bits per heavy atom. The van der Waals surface area contributed by atoms with E-state index in [9.17, 15) is 0 Å². The first-order valence-corrected chi connectivity index (χ1v) is 26.9. The number of hydrogen-bond donors (Lipinski definition) is 1. The van der Waals surface area contributed by atoms with Gasteiger partial charge in [0.1, 0.15) is 0 Å². The van der Waals surface area contributed by atoms with E-state index in [-0.39, 0.29) is 10.8 Å². The van der Waals surface area contributed by atoms with Gasteiger partial charge in [0.2, 0.25) is 0 Å². The fraction of sp³-hybridized carbons (Fsp3) is 0.125. The molecule has 1 N–H and O–H groups in total. The van der Waals surface area contributed by atoms with Crippen molar-refractivity contribution in [3.63, 3.8) is 0 Å². The molecule has 0 bridgehead atoms. The molecular weight excluding hydrogens is 904 g/mol. The van der Waals surface area contributed by atoms with E-state index in [0.29, 0.717) is 0 Å². The molecule has 0 spiro atoms. The van der Waals surface area contributed by atoms with Crippen LogP contribution in [-0.2, 0) is 10.8 Å². The van der Waals surface area contributed by atoms with Crippen LogP contribution in [0.25, 0.3) is 111 Å². The maximum absolute atomic E-state index is 4.00.